The van der Waals surface area contributed by atoms with E-state index in [-0.39, 0.29) is 0 Å². The second-order valence-electron chi connectivity index (χ2n) is 3.31. The molecule has 0 atom stereocenters. The van der Waals surface area contributed by atoms with Crippen LogP contribution >= 0.6 is 11.6 Å². The third kappa shape index (κ3) is 2.08. The van der Waals surface area contributed by atoms with Gasteiger partial charge in [0.25, 0.3) is 0 Å². The number of rotatable bonds is 1. The lowest BCUT2D eigenvalue weighted by atomic mass is 9.93. The monoisotopic (exact) mass is 172 g/mol. The summed E-state index contributed by atoms with van der Waals surface area (Å²) in [7, 11) is 0. The molecule has 2 heteroatoms. The summed E-state index contributed by atoms with van der Waals surface area (Å²) < 4.78 is 0. The summed E-state index contributed by atoms with van der Waals surface area (Å²) in [6.07, 6.45) is 5.92. The van der Waals surface area contributed by atoms with E-state index in [2.05, 4.69) is 0 Å². The standard InChI is InChI=1S/C9H13ClO/c1-9(2,11)7-5-3-4-6-8(7)10/h5-6,11H,3-4H2,1-2H3. The lowest BCUT2D eigenvalue weighted by molar-refractivity contribution is 0.122. The molecular weight excluding hydrogens is 160 g/mol. The molecule has 1 nitrogen and oxygen atoms in total. The molecule has 0 unspecified atom stereocenters. The average Bonchev–Trinajstić information content (AvgIpc) is 1.86. The number of hydrogen-bond donors (Lipinski definition) is 1. The van der Waals surface area contributed by atoms with Crippen molar-refractivity contribution in [1.29, 1.82) is 0 Å². The second-order valence-corrected chi connectivity index (χ2v) is 3.71. The van der Waals surface area contributed by atoms with Crippen LogP contribution in [-0.2, 0) is 0 Å². The first-order valence-electron chi connectivity index (χ1n) is 3.81. The fourth-order valence-corrected chi connectivity index (χ4v) is 1.60. The maximum absolute atomic E-state index is 9.62. The van der Waals surface area contributed by atoms with E-state index < -0.39 is 5.60 Å². The zero-order valence-corrected chi connectivity index (χ0v) is 7.65. The van der Waals surface area contributed by atoms with E-state index in [1.807, 2.05) is 12.2 Å². The predicted molar refractivity (Wildman–Crippen MR) is 47.6 cm³/mol. The van der Waals surface area contributed by atoms with Crippen LogP contribution in [0.4, 0.5) is 0 Å². The van der Waals surface area contributed by atoms with Gasteiger partial charge in [-0.15, -0.1) is 0 Å². The molecule has 0 spiro atoms. The van der Waals surface area contributed by atoms with Crippen molar-refractivity contribution >= 4 is 11.6 Å². The molecule has 0 aromatic rings. The minimum atomic E-state index is -0.798. The van der Waals surface area contributed by atoms with Gasteiger partial charge in [0.1, 0.15) is 0 Å². The summed E-state index contributed by atoms with van der Waals surface area (Å²) in [5, 5.41) is 10.3. The van der Waals surface area contributed by atoms with Gasteiger partial charge in [0.05, 0.1) is 5.60 Å². The highest BCUT2D eigenvalue weighted by Gasteiger charge is 2.22. The van der Waals surface area contributed by atoms with Crippen LogP contribution in [0.2, 0.25) is 0 Å². The highest BCUT2D eigenvalue weighted by molar-refractivity contribution is 6.32. The summed E-state index contributed by atoms with van der Waals surface area (Å²) >= 11 is 5.90. The van der Waals surface area contributed by atoms with E-state index in [1.165, 1.54) is 0 Å². The Morgan fingerprint density at radius 3 is 2.27 bits per heavy atom. The molecule has 0 fully saturated rings. The van der Waals surface area contributed by atoms with Crippen molar-refractivity contribution in [2.24, 2.45) is 0 Å². The van der Waals surface area contributed by atoms with Crippen LogP contribution < -0.4 is 0 Å². The Balaban J connectivity index is 2.87. The SMILES string of the molecule is CC(C)(O)C1=CCCC=C1Cl. The number of aliphatic hydroxyl groups is 1. The minimum Gasteiger partial charge on any atom is -0.386 e. The van der Waals surface area contributed by atoms with Crippen LogP contribution in [0, 0.1) is 0 Å². The predicted octanol–water partition coefficient (Wildman–Crippen LogP) is 2.60. The molecular formula is C9H13ClO. The van der Waals surface area contributed by atoms with Crippen LogP contribution in [0.25, 0.3) is 0 Å². The molecule has 0 bridgehead atoms. The quantitative estimate of drug-likeness (QED) is 0.645. The normalized spacial score (nSPS) is 19.3. The Kier molecular flexibility index (Phi) is 2.40. The molecule has 11 heavy (non-hydrogen) atoms. The van der Waals surface area contributed by atoms with Crippen molar-refractivity contribution in [1.82, 2.24) is 0 Å². The van der Waals surface area contributed by atoms with Crippen LogP contribution in [0.15, 0.2) is 22.8 Å². The first-order chi connectivity index (χ1) is 5.02. The van der Waals surface area contributed by atoms with Crippen molar-refractivity contribution in [3.63, 3.8) is 0 Å². The fraction of sp³-hybridized carbons (Fsp3) is 0.556. The summed E-state index contributed by atoms with van der Waals surface area (Å²) in [5.74, 6) is 0. The van der Waals surface area contributed by atoms with Crippen molar-refractivity contribution in [3.8, 4) is 0 Å². The third-order valence-corrected chi connectivity index (χ3v) is 2.11. The first-order valence-corrected chi connectivity index (χ1v) is 4.18. The summed E-state index contributed by atoms with van der Waals surface area (Å²) in [5.41, 5.74) is 0.0546. The zero-order valence-electron chi connectivity index (χ0n) is 6.89. The van der Waals surface area contributed by atoms with Crippen LogP contribution in [0.5, 0.6) is 0 Å². The molecule has 0 saturated heterocycles. The van der Waals surface area contributed by atoms with Crippen LogP contribution in [-0.4, -0.2) is 10.7 Å². The van der Waals surface area contributed by atoms with Gasteiger partial charge in [0.2, 0.25) is 0 Å². The Bertz CT molecular complexity index is 208. The van der Waals surface area contributed by atoms with Crippen molar-refractivity contribution < 1.29 is 5.11 Å². The lowest BCUT2D eigenvalue weighted by Gasteiger charge is -2.23. The number of allylic oxidation sites excluding steroid dienone is 2. The van der Waals surface area contributed by atoms with E-state index in [1.54, 1.807) is 13.8 Å². The number of hydrogen-bond acceptors (Lipinski definition) is 1. The summed E-state index contributed by atoms with van der Waals surface area (Å²) in [4.78, 5) is 0. The molecule has 0 aromatic carbocycles. The summed E-state index contributed by atoms with van der Waals surface area (Å²) in [6, 6.07) is 0. The fourth-order valence-electron chi connectivity index (χ4n) is 1.19. The molecule has 0 saturated carbocycles. The van der Waals surface area contributed by atoms with Gasteiger partial charge < -0.3 is 5.11 Å². The molecule has 62 valence electrons. The van der Waals surface area contributed by atoms with Gasteiger partial charge in [0.15, 0.2) is 0 Å². The van der Waals surface area contributed by atoms with Crippen molar-refractivity contribution in [2.75, 3.05) is 0 Å². The molecule has 1 aliphatic rings. The highest BCUT2D eigenvalue weighted by atomic mass is 35.5. The second kappa shape index (κ2) is 3.00. The Morgan fingerprint density at radius 2 is 1.91 bits per heavy atom. The first kappa shape index (κ1) is 8.82. The Hall–Kier alpha value is -0.270. The lowest BCUT2D eigenvalue weighted by Crippen LogP contribution is -2.23. The molecule has 1 rings (SSSR count). The number of halogens is 1. The van der Waals surface area contributed by atoms with E-state index in [9.17, 15) is 5.11 Å². The maximum Gasteiger partial charge on any atom is 0.0851 e. The molecule has 0 aliphatic heterocycles. The largest absolute Gasteiger partial charge is 0.386 e. The highest BCUT2D eigenvalue weighted by Crippen LogP contribution is 2.30. The summed E-state index contributed by atoms with van der Waals surface area (Å²) in [6.45, 7) is 3.50. The van der Waals surface area contributed by atoms with Gasteiger partial charge in [-0.1, -0.05) is 23.8 Å². The minimum absolute atomic E-state index is 0.698. The van der Waals surface area contributed by atoms with Crippen LogP contribution in [0.3, 0.4) is 0 Å². The van der Waals surface area contributed by atoms with Gasteiger partial charge in [-0.25, -0.2) is 0 Å². The van der Waals surface area contributed by atoms with Crippen molar-refractivity contribution in [2.45, 2.75) is 32.3 Å². The van der Waals surface area contributed by atoms with Gasteiger partial charge in [-0.2, -0.15) is 0 Å². The van der Waals surface area contributed by atoms with E-state index in [4.69, 9.17) is 11.6 Å². The van der Waals surface area contributed by atoms with E-state index in [0.717, 1.165) is 18.4 Å². The van der Waals surface area contributed by atoms with Gasteiger partial charge in [-0.3, -0.25) is 0 Å². The maximum atomic E-state index is 9.62. The Labute approximate surface area is 72.4 Å². The van der Waals surface area contributed by atoms with Crippen LogP contribution in [0.1, 0.15) is 26.7 Å². The third-order valence-electron chi connectivity index (χ3n) is 1.76. The van der Waals surface area contributed by atoms with Gasteiger partial charge in [-0.05, 0) is 32.3 Å². The molecule has 1 aliphatic carbocycles. The van der Waals surface area contributed by atoms with E-state index >= 15 is 0 Å². The van der Waals surface area contributed by atoms with Gasteiger partial charge >= 0.3 is 0 Å². The molecule has 0 amide bonds. The smallest absolute Gasteiger partial charge is 0.0851 e. The van der Waals surface area contributed by atoms with Crippen molar-refractivity contribution in [3.05, 3.63) is 22.8 Å². The van der Waals surface area contributed by atoms with E-state index in [0.29, 0.717) is 5.03 Å². The molecule has 0 radical (unpaired) electrons. The topological polar surface area (TPSA) is 20.2 Å². The van der Waals surface area contributed by atoms with Gasteiger partial charge in [0, 0.05) is 5.03 Å². The molecule has 0 heterocycles. The zero-order chi connectivity index (χ0) is 8.48. The average molecular weight is 173 g/mol. The Morgan fingerprint density at radius 1 is 1.36 bits per heavy atom. The molecule has 0 aromatic heterocycles. The molecule has 1 N–H and O–H groups in total.